The summed E-state index contributed by atoms with van der Waals surface area (Å²) < 4.78 is 16.4. The summed E-state index contributed by atoms with van der Waals surface area (Å²) in [5.74, 6) is -0.676. The van der Waals surface area contributed by atoms with Crippen molar-refractivity contribution in [2.24, 2.45) is 0 Å². The van der Waals surface area contributed by atoms with E-state index in [0.717, 1.165) is 5.56 Å². The third-order valence-corrected chi connectivity index (χ3v) is 6.01. The minimum absolute atomic E-state index is 0.000891. The summed E-state index contributed by atoms with van der Waals surface area (Å²) in [7, 11) is 3.09. The van der Waals surface area contributed by atoms with Crippen LogP contribution in [0, 0.1) is 0 Å². The van der Waals surface area contributed by atoms with Crippen molar-refractivity contribution in [1.29, 1.82) is 0 Å². The van der Waals surface area contributed by atoms with Crippen molar-refractivity contribution in [3.05, 3.63) is 101 Å². The van der Waals surface area contributed by atoms with Crippen LogP contribution in [0.2, 0.25) is 0 Å². The average molecular weight is 470 g/mol. The summed E-state index contributed by atoms with van der Waals surface area (Å²) in [5.41, 5.74) is 1.75. The first-order valence-corrected chi connectivity index (χ1v) is 10.9. The summed E-state index contributed by atoms with van der Waals surface area (Å²) in [6.07, 6.45) is 3.18. The fourth-order valence-electron chi connectivity index (χ4n) is 4.30. The summed E-state index contributed by atoms with van der Waals surface area (Å²) in [6, 6.07) is 16.8. The molecule has 1 aliphatic heterocycles. The summed E-state index contributed by atoms with van der Waals surface area (Å²) >= 11 is 0. The van der Waals surface area contributed by atoms with Crippen molar-refractivity contribution in [1.82, 2.24) is 9.88 Å². The molecule has 0 bridgehead atoms. The number of benzene rings is 2. The summed E-state index contributed by atoms with van der Waals surface area (Å²) in [5, 5.41) is 11.6. The van der Waals surface area contributed by atoms with E-state index >= 15 is 0 Å². The second kappa shape index (κ2) is 8.98. The highest BCUT2D eigenvalue weighted by Gasteiger charge is 2.44. The first kappa shape index (κ1) is 22.2. The molecule has 176 valence electrons. The topological polar surface area (TPSA) is 102 Å². The molecule has 5 rings (SSSR count). The number of rotatable bonds is 7. The summed E-state index contributed by atoms with van der Waals surface area (Å²) in [6.45, 7) is 0.164. The number of carbonyl (C=O) groups excluding carboxylic acids is 2. The second-order valence-electron chi connectivity index (χ2n) is 8.05. The second-order valence-corrected chi connectivity index (χ2v) is 8.05. The number of hydrogen-bond acceptors (Lipinski definition) is 7. The van der Waals surface area contributed by atoms with Gasteiger partial charge in [-0.1, -0.05) is 30.3 Å². The molecule has 8 nitrogen and oxygen atoms in total. The van der Waals surface area contributed by atoms with Crippen LogP contribution in [0.25, 0.3) is 11.0 Å². The van der Waals surface area contributed by atoms with Crippen LogP contribution in [0.15, 0.2) is 88.8 Å². The van der Waals surface area contributed by atoms with Gasteiger partial charge in [0.15, 0.2) is 22.9 Å². The number of aromatic nitrogens is 1. The zero-order valence-electron chi connectivity index (χ0n) is 19.1. The van der Waals surface area contributed by atoms with Gasteiger partial charge in [-0.05, 0) is 41.5 Å². The first-order chi connectivity index (χ1) is 17.0. The van der Waals surface area contributed by atoms with E-state index in [4.69, 9.17) is 13.9 Å². The van der Waals surface area contributed by atoms with Gasteiger partial charge >= 0.3 is 0 Å². The molecule has 1 atom stereocenters. The number of Topliss-reactive ketones (excluding diaryl/α,β-unsaturated/α-hetero) is 1. The average Bonchev–Trinajstić information content (AvgIpc) is 3.44. The largest absolute Gasteiger partial charge is 0.503 e. The standard InChI is InChI=1S/C27H22N2O6/c1-33-19-10-8-16(9-11-19)15-29-23(18-6-4-12-28-14-18)22(25(31)27(29)32)24(30)21-13-17-5-3-7-20(34-2)26(17)35-21/h3-14,23,31H,15H2,1-2H3. The number of aliphatic hydroxyl groups is 1. The van der Waals surface area contributed by atoms with Gasteiger partial charge in [-0.15, -0.1) is 0 Å². The number of hydrogen-bond donors (Lipinski definition) is 1. The monoisotopic (exact) mass is 470 g/mol. The van der Waals surface area contributed by atoms with Crippen LogP contribution in [-0.2, 0) is 11.3 Å². The number of amides is 1. The highest BCUT2D eigenvalue weighted by atomic mass is 16.5. The fourth-order valence-corrected chi connectivity index (χ4v) is 4.30. The SMILES string of the molecule is COc1ccc(CN2C(=O)C(O)=C(C(=O)c3cc4cccc(OC)c4o3)C2c2cccnc2)cc1. The minimum atomic E-state index is -0.846. The maximum Gasteiger partial charge on any atom is 0.290 e. The Bertz CT molecular complexity index is 1440. The zero-order chi connectivity index (χ0) is 24.5. The van der Waals surface area contributed by atoms with Crippen LogP contribution in [0.1, 0.15) is 27.7 Å². The molecule has 4 aromatic rings. The van der Waals surface area contributed by atoms with E-state index in [1.54, 1.807) is 68.0 Å². The van der Waals surface area contributed by atoms with Gasteiger partial charge in [0.2, 0.25) is 5.78 Å². The normalized spacial score (nSPS) is 15.7. The Labute approximate surface area is 201 Å². The van der Waals surface area contributed by atoms with E-state index in [2.05, 4.69) is 4.98 Å². The molecule has 0 radical (unpaired) electrons. The smallest absolute Gasteiger partial charge is 0.290 e. The van der Waals surface area contributed by atoms with E-state index in [-0.39, 0.29) is 17.9 Å². The maximum absolute atomic E-state index is 13.7. The van der Waals surface area contributed by atoms with Gasteiger partial charge in [-0.25, -0.2) is 0 Å². The minimum Gasteiger partial charge on any atom is -0.503 e. The molecule has 0 spiro atoms. The van der Waals surface area contributed by atoms with E-state index in [0.29, 0.717) is 28.0 Å². The number of nitrogens with zero attached hydrogens (tertiary/aromatic N) is 2. The number of furan rings is 1. The van der Waals surface area contributed by atoms with Gasteiger partial charge in [0.1, 0.15) is 5.75 Å². The Morgan fingerprint density at radius 1 is 1.09 bits per heavy atom. The van der Waals surface area contributed by atoms with Crippen LogP contribution in [0.3, 0.4) is 0 Å². The zero-order valence-corrected chi connectivity index (χ0v) is 19.1. The molecule has 0 saturated heterocycles. The Hall–Kier alpha value is -4.59. The number of ether oxygens (including phenoxy) is 2. The molecule has 0 aliphatic carbocycles. The van der Waals surface area contributed by atoms with Gasteiger partial charge in [0.05, 0.1) is 25.8 Å². The number of pyridine rings is 1. The molecular formula is C27H22N2O6. The van der Waals surface area contributed by atoms with E-state index in [1.165, 1.54) is 12.0 Å². The Morgan fingerprint density at radius 2 is 1.89 bits per heavy atom. The molecule has 35 heavy (non-hydrogen) atoms. The highest BCUT2D eigenvalue weighted by Crippen LogP contribution is 2.41. The third-order valence-electron chi connectivity index (χ3n) is 6.01. The lowest BCUT2D eigenvalue weighted by Crippen LogP contribution is -2.30. The van der Waals surface area contributed by atoms with Crippen molar-refractivity contribution >= 4 is 22.7 Å². The van der Waals surface area contributed by atoms with Crippen LogP contribution < -0.4 is 9.47 Å². The number of aliphatic hydroxyl groups excluding tert-OH is 1. The van der Waals surface area contributed by atoms with Crippen molar-refractivity contribution < 1.29 is 28.6 Å². The van der Waals surface area contributed by atoms with Gasteiger partial charge < -0.3 is 23.9 Å². The lowest BCUT2D eigenvalue weighted by molar-refractivity contribution is -0.130. The molecule has 0 fully saturated rings. The summed E-state index contributed by atoms with van der Waals surface area (Å²) in [4.78, 5) is 32.5. The van der Waals surface area contributed by atoms with Crippen molar-refractivity contribution in [3.63, 3.8) is 0 Å². The van der Waals surface area contributed by atoms with E-state index < -0.39 is 23.5 Å². The molecule has 1 aliphatic rings. The number of methoxy groups -OCH3 is 2. The quantitative estimate of drug-likeness (QED) is 0.393. The van der Waals surface area contributed by atoms with Crippen molar-refractivity contribution in [2.45, 2.75) is 12.6 Å². The Balaban J connectivity index is 1.57. The lowest BCUT2D eigenvalue weighted by Gasteiger charge is -2.26. The molecule has 1 amide bonds. The molecule has 2 aromatic heterocycles. The molecule has 1 unspecified atom stereocenters. The Morgan fingerprint density at radius 3 is 2.57 bits per heavy atom. The molecule has 3 heterocycles. The van der Waals surface area contributed by atoms with Gasteiger partial charge in [0.25, 0.3) is 5.91 Å². The molecular weight excluding hydrogens is 448 g/mol. The third kappa shape index (κ3) is 3.89. The number of fused-ring (bicyclic) bond motifs is 1. The number of carbonyl (C=O) groups is 2. The molecule has 0 saturated carbocycles. The lowest BCUT2D eigenvalue weighted by atomic mass is 9.96. The first-order valence-electron chi connectivity index (χ1n) is 10.9. The highest BCUT2D eigenvalue weighted by molar-refractivity contribution is 6.16. The van der Waals surface area contributed by atoms with Crippen molar-refractivity contribution in [2.75, 3.05) is 14.2 Å². The fraction of sp³-hybridized carbons (Fsp3) is 0.148. The van der Waals surface area contributed by atoms with Crippen LogP contribution >= 0.6 is 0 Å². The Kier molecular flexibility index (Phi) is 5.70. The predicted octanol–water partition coefficient (Wildman–Crippen LogP) is 4.62. The predicted molar refractivity (Wildman–Crippen MR) is 127 cm³/mol. The molecule has 1 N–H and O–H groups in total. The van der Waals surface area contributed by atoms with Crippen LogP contribution in [0.5, 0.6) is 11.5 Å². The number of ketones is 1. The van der Waals surface area contributed by atoms with Crippen LogP contribution in [-0.4, -0.2) is 40.9 Å². The number of para-hydroxylation sites is 1. The van der Waals surface area contributed by atoms with Crippen molar-refractivity contribution in [3.8, 4) is 11.5 Å². The van der Waals surface area contributed by atoms with E-state index in [9.17, 15) is 14.7 Å². The van der Waals surface area contributed by atoms with Gasteiger partial charge in [-0.2, -0.15) is 0 Å². The maximum atomic E-state index is 13.7. The van der Waals surface area contributed by atoms with Gasteiger partial charge in [-0.3, -0.25) is 14.6 Å². The molecule has 2 aromatic carbocycles. The van der Waals surface area contributed by atoms with Gasteiger partial charge in [0, 0.05) is 24.3 Å². The van der Waals surface area contributed by atoms with E-state index in [1.807, 2.05) is 12.1 Å². The van der Waals surface area contributed by atoms with Crippen LogP contribution in [0.4, 0.5) is 0 Å². The molecule has 8 heteroatoms.